The second-order valence-corrected chi connectivity index (χ2v) is 6.76. The van der Waals surface area contributed by atoms with E-state index in [0.717, 1.165) is 12.1 Å². The maximum absolute atomic E-state index is 13.7. The molecule has 0 spiro atoms. The van der Waals surface area contributed by atoms with Gasteiger partial charge in [0.1, 0.15) is 11.9 Å². The van der Waals surface area contributed by atoms with Crippen LogP contribution in [0.2, 0.25) is 5.02 Å². The molecule has 0 aromatic heterocycles. The molecule has 0 fully saturated rings. The first kappa shape index (κ1) is 22.6. The Morgan fingerprint density at radius 1 is 1.30 bits per heavy atom. The predicted molar refractivity (Wildman–Crippen MR) is 102 cm³/mol. The minimum absolute atomic E-state index is 0.0663. The van der Waals surface area contributed by atoms with E-state index >= 15 is 0 Å². The molecule has 1 rings (SSSR count). The Labute approximate surface area is 162 Å². The molecule has 0 heterocycles. The molecule has 0 aliphatic heterocycles. The van der Waals surface area contributed by atoms with Crippen LogP contribution >= 0.6 is 11.6 Å². The van der Waals surface area contributed by atoms with Crippen LogP contribution in [0, 0.1) is 11.7 Å². The van der Waals surface area contributed by atoms with Gasteiger partial charge in [0, 0.05) is 29.6 Å². The number of hydrazine groups is 1. The lowest BCUT2D eigenvalue weighted by atomic mass is 10.0. The van der Waals surface area contributed by atoms with Crippen molar-refractivity contribution >= 4 is 35.4 Å². The fraction of sp³-hybridized carbons (Fsp3) is 0.389. The van der Waals surface area contributed by atoms with Gasteiger partial charge in [-0.15, -0.1) is 0 Å². The molecular formula is C18H24ClFN4O3. The number of benzene rings is 1. The molecule has 1 aromatic rings. The number of carbonyl (C=O) groups is 3. The lowest BCUT2D eigenvalue weighted by Gasteiger charge is -2.19. The van der Waals surface area contributed by atoms with Gasteiger partial charge < -0.3 is 11.1 Å². The quantitative estimate of drug-likeness (QED) is 0.272. The summed E-state index contributed by atoms with van der Waals surface area (Å²) in [6.07, 6.45) is 2.92. The standard InChI is InChI=1S/C18H24ClFN4O3/c1-11(2)9-15(18(27)24-22-8-7-16(21)25)23-17(26)6-4-12-3-5-13(19)10-14(12)20/h3-6,10-11,15,22H,7-9H2,1-2H3,(H2,21,25)(H,23,26)(H,24,27)/b6-4+. The van der Waals surface area contributed by atoms with Crippen molar-refractivity contribution in [2.45, 2.75) is 32.7 Å². The maximum atomic E-state index is 13.7. The Morgan fingerprint density at radius 2 is 2.00 bits per heavy atom. The summed E-state index contributed by atoms with van der Waals surface area (Å²) in [5, 5.41) is 2.84. The molecule has 0 saturated carbocycles. The highest BCUT2D eigenvalue weighted by atomic mass is 35.5. The van der Waals surface area contributed by atoms with Crippen LogP contribution in [0.5, 0.6) is 0 Å². The lowest BCUT2D eigenvalue weighted by molar-refractivity contribution is -0.128. The highest BCUT2D eigenvalue weighted by molar-refractivity contribution is 6.30. The summed E-state index contributed by atoms with van der Waals surface area (Å²) in [6.45, 7) is 4.00. The second kappa shape index (κ2) is 11.3. The topological polar surface area (TPSA) is 113 Å². The first-order valence-corrected chi connectivity index (χ1v) is 8.81. The fourth-order valence-electron chi connectivity index (χ4n) is 2.15. The molecule has 1 atom stereocenters. The summed E-state index contributed by atoms with van der Waals surface area (Å²) in [6, 6.07) is 3.31. The van der Waals surface area contributed by atoms with Gasteiger partial charge in [-0.25, -0.2) is 9.82 Å². The van der Waals surface area contributed by atoms with Gasteiger partial charge in [0.2, 0.25) is 11.8 Å². The lowest BCUT2D eigenvalue weighted by Crippen LogP contribution is -2.51. The second-order valence-electron chi connectivity index (χ2n) is 6.32. The van der Waals surface area contributed by atoms with E-state index in [4.69, 9.17) is 17.3 Å². The van der Waals surface area contributed by atoms with E-state index < -0.39 is 29.6 Å². The van der Waals surface area contributed by atoms with Crippen LogP contribution in [0.15, 0.2) is 24.3 Å². The molecule has 0 aliphatic rings. The average molecular weight is 399 g/mol. The number of rotatable bonds is 10. The third-order valence-corrected chi connectivity index (χ3v) is 3.66. The predicted octanol–water partition coefficient (Wildman–Crippen LogP) is 1.52. The van der Waals surface area contributed by atoms with Crippen LogP contribution in [0.3, 0.4) is 0 Å². The Hall–Kier alpha value is -2.45. The Morgan fingerprint density at radius 3 is 2.59 bits per heavy atom. The van der Waals surface area contributed by atoms with E-state index in [2.05, 4.69) is 16.2 Å². The van der Waals surface area contributed by atoms with Crippen LogP contribution in [0.1, 0.15) is 32.3 Å². The van der Waals surface area contributed by atoms with Gasteiger partial charge in [0.15, 0.2) is 0 Å². The number of primary amides is 1. The van der Waals surface area contributed by atoms with E-state index in [9.17, 15) is 18.8 Å². The van der Waals surface area contributed by atoms with Gasteiger partial charge in [-0.05, 0) is 30.5 Å². The molecule has 0 radical (unpaired) electrons. The van der Waals surface area contributed by atoms with Crippen molar-refractivity contribution in [1.29, 1.82) is 0 Å². The van der Waals surface area contributed by atoms with E-state index in [1.54, 1.807) is 0 Å². The van der Waals surface area contributed by atoms with Crippen LogP contribution in [0.4, 0.5) is 4.39 Å². The number of halogens is 2. The number of amides is 3. The van der Waals surface area contributed by atoms with Crippen molar-refractivity contribution < 1.29 is 18.8 Å². The van der Waals surface area contributed by atoms with Crippen molar-refractivity contribution in [1.82, 2.24) is 16.2 Å². The minimum Gasteiger partial charge on any atom is -0.370 e. The average Bonchev–Trinajstić information content (AvgIpc) is 2.56. The fourth-order valence-corrected chi connectivity index (χ4v) is 2.31. The zero-order valence-corrected chi connectivity index (χ0v) is 16.0. The molecule has 148 valence electrons. The monoisotopic (exact) mass is 398 g/mol. The van der Waals surface area contributed by atoms with Crippen LogP contribution in [0.25, 0.3) is 6.08 Å². The van der Waals surface area contributed by atoms with E-state index in [0.29, 0.717) is 6.42 Å². The zero-order valence-electron chi connectivity index (χ0n) is 15.2. The maximum Gasteiger partial charge on any atom is 0.256 e. The van der Waals surface area contributed by atoms with Crippen molar-refractivity contribution in [2.75, 3.05) is 6.54 Å². The summed E-state index contributed by atoms with van der Waals surface area (Å²) in [7, 11) is 0. The van der Waals surface area contributed by atoms with Gasteiger partial charge in [-0.1, -0.05) is 31.5 Å². The molecule has 27 heavy (non-hydrogen) atoms. The number of hydrogen-bond donors (Lipinski definition) is 4. The van der Waals surface area contributed by atoms with E-state index in [-0.39, 0.29) is 29.5 Å². The van der Waals surface area contributed by atoms with Crippen LogP contribution in [-0.4, -0.2) is 30.3 Å². The number of carbonyl (C=O) groups excluding carboxylic acids is 3. The van der Waals surface area contributed by atoms with Gasteiger partial charge in [-0.3, -0.25) is 19.8 Å². The highest BCUT2D eigenvalue weighted by Gasteiger charge is 2.21. The summed E-state index contributed by atoms with van der Waals surface area (Å²) < 4.78 is 13.7. The Kier molecular flexibility index (Phi) is 9.46. The third kappa shape index (κ3) is 9.16. The Bertz CT molecular complexity index is 710. The summed E-state index contributed by atoms with van der Waals surface area (Å²) >= 11 is 5.68. The molecule has 3 amide bonds. The SMILES string of the molecule is CC(C)CC(NC(=O)/C=C/c1ccc(Cl)cc1F)C(=O)NNCCC(N)=O. The molecule has 1 aromatic carbocycles. The van der Waals surface area contributed by atoms with Gasteiger partial charge >= 0.3 is 0 Å². The number of nitrogens with one attached hydrogen (secondary N) is 3. The molecule has 0 saturated heterocycles. The van der Waals surface area contributed by atoms with E-state index in [1.807, 2.05) is 13.8 Å². The minimum atomic E-state index is -0.793. The molecule has 0 bridgehead atoms. The summed E-state index contributed by atoms with van der Waals surface area (Å²) in [5.74, 6) is -1.90. The van der Waals surface area contributed by atoms with Gasteiger partial charge in [0.25, 0.3) is 5.91 Å². The zero-order chi connectivity index (χ0) is 20.4. The van der Waals surface area contributed by atoms with Crippen molar-refractivity contribution in [3.8, 4) is 0 Å². The summed E-state index contributed by atoms with van der Waals surface area (Å²) in [4.78, 5) is 35.0. The van der Waals surface area contributed by atoms with E-state index in [1.165, 1.54) is 18.2 Å². The van der Waals surface area contributed by atoms with Crippen molar-refractivity contribution in [2.24, 2.45) is 11.7 Å². The van der Waals surface area contributed by atoms with Gasteiger partial charge in [-0.2, -0.15) is 0 Å². The normalized spacial score (nSPS) is 12.2. The third-order valence-electron chi connectivity index (χ3n) is 3.42. The molecule has 5 N–H and O–H groups in total. The molecule has 1 unspecified atom stereocenters. The largest absolute Gasteiger partial charge is 0.370 e. The van der Waals surface area contributed by atoms with Crippen molar-refractivity contribution in [3.63, 3.8) is 0 Å². The Balaban J connectivity index is 2.66. The summed E-state index contributed by atoms with van der Waals surface area (Å²) in [5.41, 5.74) is 10.2. The molecule has 0 aliphatic carbocycles. The highest BCUT2D eigenvalue weighted by Crippen LogP contribution is 2.15. The molecular weight excluding hydrogens is 375 g/mol. The first-order chi connectivity index (χ1) is 12.7. The number of hydrogen-bond acceptors (Lipinski definition) is 4. The van der Waals surface area contributed by atoms with Crippen LogP contribution < -0.4 is 21.9 Å². The van der Waals surface area contributed by atoms with Crippen LogP contribution in [-0.2, 0) is 14.4 Å². The smallest absolute Gasteiger partial charge is 0.256 e. The number of nitrogens with two attached hydrogens (primary N) is 1. The van der Waals surface area contributed by atoms with Gasteiger partial charge in [0.05, 0.1) is 0 Å². The first-order valence-electron chi connectivity index (χ1n) is 8.43. The van der Waals surface area contributed by atoms with Crippen molar-refractivity contribution in [3.05, 3.63) is 40.7 Å². The molecule has 9 heteroatoms. The molecule has 7 nitrogen and oxygen atoms in total.